The molecule has 4 nitrogen and oxygen atoms in total. The highest BCUT2D eigenvalue weighted by Crippen LogP contribution is 2.19. The molecule has 0 saturated carbocycles. The molecule has 0 heterocycles. The van der Waals surface area contributed by atoms with Gasteiger partial charge < -0.3 is 15.2 Å². The Morgan fingerprint density at radius 3 is 2.79 bits per heavy atom. The molecule has 1 atom stereocenters. The summed E-state index contributed by atoms with van der Waals surface area (Å²) in [7, 11) is 0. The number of rotatable bonds is 8. The zero-order valence-corrected chi connectivity index (χ0v) is 14.4. The molecular weight excluding hydrogens is 326 g/mol. The minimum absolute atomic E-state index is 0.0549. The summed E-state index contributed by atoms with van der Waals surface area (Å²) >= 11 is 6.11. The fraction of sp³-hybridized carbons (Fsp3) is 0.316. The van der Waals surface area contributed by atoms with Gasteiger partial charge in [-0.25, -0.2) is 0 Å². The molecule has 2 rings (SSSR count). The van der Waals surface area contributed by atoms with Gasteiger partial charge in [0.05, 0.1) is 6.42 Å². The van der Waals surface area contributed by atoms with Crippen LogP contribution in [0.2, 0.25) is 5.02 Å². The van der Waals surface area contributed by atoms with E-state index < -0.39 is 0 Å². The zero-order valence-electron chi connectivity index (χ0n) is 13.7. The van der Waals surface area contributed by atoms with E-state index in [1.165, 1.54) is 0 Å². The third-order valence-corrected chi connectivity index (χ3v) is 3.94. The van der Waals surface area contributed by atoms with Crippen LogP contribution in [0.1, 0.15) is 18.1 Å². The molecule has 1 amide bonds. The molecule has 0 fully saturated rings. The number of carbonyl (C=O) groups excluding carboxylic acids is 1. The highest BCUT2D eigenvalue weighted by atomic mass is 35.5. The lowest BCUT2D eigenvalue weighted by molar-refractivity contribution is -0.120. The summed E-state index contributed by atoms with van der Waals surface area (Å²) in [4.78, 5) is 11.9. The van der Waals surface area contributed by atoms with Crippen LogP contribution in [0.25, 0.3) is 0 Å². The van der Waals surface area contributed by atoms with Crippen LogP contribution in [0.3, 0.4) is 0 Å². The summed E-state index contributed by atoms with van der Waals surface area (Å²) in [6.45, 7) is 2.79. The lowest BCUT2D eigenvalue weighted by Gasteiger charge is -2.11. The molecule has 0 bridgehead atoms. The number of amides is 1. The Hall–Kier alpha value is -2.04. The average Bonchev–Trinajstić information content (AvgIpc) is 2.59. The largest absolute Gasteiger partial charge is 0.489 e. The summed E-state index contributed by atoms with van der Waals surface area (Å²) in [5.41, 5.74) is 1.79. The van der Waals surface area contributed by atoms with Crippen molar-refractivity contribution in [3.63, 3.8) is 0 Å². The van der Waals surface area contributed by atoms with Crippen molar-refractivity contribution in [1.82, 2.24) is 5.32 Å². The molecule has 2 N–H and O–H groups in total. The average molecular weight is 348 g/mol. The summed E-state index contributed by atoms with van der Waals surface area (Å²) in [5, 5.41) is 12.5. The number of aliphatic hydroxyl groups is 1. The standard InChI is InChI=1S/C19H22ClNO3/c1-14(12-22)11-21-19(23)10-15-5-4-7-17(9-15)24-13-16-6-2-3-8-18(16)20/h2-9,14,22H,10-13H2,1H3,(H,21,23). The van der Waals surface area contributed by atoms with Crippen molar-refractivity contribution in [1.29, 1.82) is 0 Å². The molecule has 0 radical (unpaired) electrons. The molecule has 2 aromatic carbocycles. The molecule has 0 spiro atoms. The van der Waals surface area contributed by atoms with Crippen LogP contribution in [0.15, 0.2) is 48.5 Å². The van der Waals surface area contributed by atoms with Gasteiger partial charge in [-0.15, -0.1) is 0 Å². The van der Waals surface area contributed by atoms with Crippen LogP contribution in [-0.4, -0.2) is 24.2 Å². The number of hydrogen-bond acceptors (Lipinski definition) is 3. The maximum Gasteiger partial charge on any atom is 0.224 e. The normalized spacial score (nSPS) is 11.8. The van der Waals surface area contributed by atoms with Crippen molar-refractivity contribution in [2.75, 3.05) is 13.2 Å². The van der Waals surface area contributed by atoms with Gasteiger partial charge in [0.2, 0.25) is 5.91 Å². The Labute approximate surface area is 147 Å². The van der Waals surface area contributed by atoms with Crippen LogP contribution in [0.5, 0.6) is 5.75 Å². The number of halogens is 1. The smallest absolute Gasteiger partial charge is 0.224 e. The van der Waals surface area contributed by atoms with E-state index in [0.29, 0.717) is 23.9 Å². The van der Waals surface area contributed by atoms with E-state index >= 15 is 0 Å². The second-order valence-electron chi connectivity index (χ2n) is 5.80. The lowest BCUT2D eigenvalue weighted by atomic mass is 10.1. The zero-order chi connectivity index (χ0) is 17.4. The van der Waals surface area contributed by atoms with Gasteiger partial charge in [-0.3, -0.25) is 4.79 Å². The van der Waals surface area contributed by atoms with Gasteiger partial charge in [0, 0.05) is 23.7 Å². The van der Waals surface area contributed by atoms with E-state index in [0.717, 1.165) is 11.1 Å². The van der Waals surface area contributed by atoms with E-state index in [-0.39, 0.29) is 24.9 Å². The molecule has 128 valence electrons. The first-order valence-corrected chi connectivity index (χ1v) is 8.29. The first-order valence-electron chi connectivity index (χ1n) is 7.91. The fourth-order valence-corrected chi connectivity index (χ4v) is 2.31. The van der Waals surface area contributed by atoms with Gasteiger partial charge >= 0.3 is 0 Å². The van der Waals surface area contributed by atoms with Gasteiger partial charge in [-0.1, -0.05) is 48.9 Å². The van der Waals surface area contributed by atoms with E-state index in [9.17, 15) is 4.79 Å². The first-order chi connectivity index (χ1) is 11.6. The topological polar surface area (TPSA) is 58.6 Å². The maximum atomic E-state index is 11.9. The molecule has 0 aliphatic heterocycles. The fourth-order valence-electron chi connectivity index (χ4n) is 2.12. The third-order valence-electron chi connectivity index (χ3n) is 3.57. The Bertz CT molecular complexity index is 675. The van der Waals surface area contributed by atoms with Crippen LogP contribution < -0.4 is 10.1 Å². The molecule has 0 saturated heterocycles. The number of hydrogen-bond donors (Lipinski definition) is 2. The monoisotopic (exact) mass is 347 g/mol. The lowest BCUT2D eigenvalue weighted by Crippen LogP contribution is -2.30. The Morgan fingerprint density at radius 2 is 2.04 bits per heavy atom. The minimum Gasteiger partial charge on any atom is -0.489 e. The van der Waals surface area contributed by atoms with Crippen molar-refractivity contribution in [2.45, 2.75) is 20.0 Å². The van der Waals surface area contributed by atoms with Crippen LogP contribution in [0.4, 0.5) is 0 Å². The second-order valence-corrected chi connectivity index (χ2v) is 6.20. The highest BCUT2D eigenvalue weighted by Gasteiger charge is 2.07. The number of benzene rings is 2. The quantitative estimate of drug-likeness (QED) is 0.771. The molecule has 0 aromatic heterocycles. The van der Waals surface area contributed by atoms with Gasteiger partial charge in [-0.05, 0) is 29.7 Å². The van der Waals surface area contributed by atoms with Gasteiger partial charge in [0.25, 0.3) is 0 Å². The number of nitrogens with one attached hydrogen (secondary N) is 1. The summed E-state index contributed by atoms with van der Waals surface area (Å²) in [6, 6.07) is 15.0. The van der Waals surface area contributed by atoms with E-state index in [1.54, 1.807) is 0 Å². The molecule has 24 heavy (non-hydrogen) atoms. The summed E-state index contributed by atoms with van der Waals surface area (Å²) in [6.07, 6.45) is 0.279. The van der Waals surface area contributed by atoms with Crippen molar-refractivity contribution in [3.05, 3.63) is 64.7 Å². The molecule has 0 aliphatic carbocycles. The number of carbonyl (C=O) groups is 1. The Balaban J connectivity index is 1.89. The highest BCUT2D eigenvalue weighted by molar-refractivity contribution is 6.31. The van der Waals surface area contributed by atoms with Crippen molar-refractivity contribution in [2.24, 2.45) is 5.92 Å². The summed E-state index contributed by atoms with van der Waals surface area (Å²) in [5.74, 6) is 0.682. The van der Waals surface area contributed by atoms with Gasteiger partial charge in [0.15, 0.2) is 0 Å². The predicted octanol–water partition coefficient (Wildman–Crippen LogP) is 3.21. The molecule has 0 aliphatic rings. The minimum atomic E-state index is -0.0708. The van der Waals surface area contributed by atoms with Crippen molar-refractivity contribution in [3.8, 4) is 5.75 Å². The molecule has 2 aromatic rings. The summed E-state index contributed by atoms with van der Waals surface area (Å²) < 4.78 is 5.76. The van der Waals surface area contributed by atoms with E-state index in [2.05, 4.69) is 5.32 Å². The van der Waals surface area contributed by atoms with Crippen molar-refractivity contribution >= 4 is 17.5 Å². The maximum absolute atomic E-state index is 11.9. The predicted molar refractivity (Wildman–Crippen MR) is 95.2 cm³/mol. The van der Waals surface area contributed by atoms with E-state index in [1.807, 2.05) is 55.5 Å². The van der Waals surface area contributed by atoms with E-state index in [4.69, 9.17) is 21.4 Å². The SMILES string of the molecule is CC(CO)CNC(=O)Cc1cccc(OCc2ccccc2Cl)c1. The molecule has 5 heteroatoms. The van der Waals surface area contributed by atoms with Crippen LogP contribution in [-0.2, 0) is 17.8 Å². The van der Waals surface area contributed by atoms with Crippen molar-refractivity contribution < 1.29 is 14.6 Å². The Morgan fingerprint density at radius 1 is 1.25 bits per heavy atom. The first kappa shape index (κ1) is 18.3. The molecular formula is C19H22ClNO3. The second kappa shape index (κ2) is 9.30. The van der Waals surface area contributed by atoms with Gasteiger partial charge in [0.1, 0.15) is 12.4 Å². The molecule has 1 unspecified atom stereocenters. The third kappa shape index (κ3) is 5.87. The Kier molecular flexibility index (Phi) is 7.09. The van der Waals surface area contributed by atoms with Gasteiger partial charge in [-0.2, -0.15) is 0 Å². The van der Waals surface area contributed by atoms with Crippen LogP contribution in [0, 0.1) is 5.92 Å². The number of ether oxygens (including phenoxy) is 1. The van der Waals surface area contributed by atoms with Crippen LogP contribution >= 0.6 is 11.6 Å². The number of aliphatic hydroxyl groups excluding tert-OH is 1.